The van der Waals surface area contributed by atoms with Gasteiger partial charge in [0, 0.05) is 41.5 Å². The highest BCUT2D eigenvalue weighted by atomic mass is 32.2. The van der Waals surface area contributed by atoms with Crippen LogP contribution in [-0.2, 0) is 16.6 Å². The minimum atomic E-state index is -3.56. The number of carbonyl (C=O) groups excluding carboxylic acids is 1. The van der Waals surface area contributed by atoms with Crippen LogP contribution >= 0.6 is 11.3 Å². The van der Waals surface area contributed by atoms with E-state index in [0.29, 0.717) is 41.7 Å². The zero-order chi connectivity index (χ0) is 23.8. The highest BCUT2D eigenvalue weighted by Crippen LogP contribution is 2.28. The Morgan fingerprint density at radius 2 is 1.85 bits per heavy atom. The maximum atomic E-state index is 13.1. The number of amides is 1. The quantitative estimate of drug-likeness (QED) is 0.524. The van der Waals surface area contributed by atoms with Crippen molar-refractivity contribution in [3.8, 4) is 5.75 Å². The van der Waals surface area contributed by atoms with Gasteiger partial charge in [0.15, 0.2) is 0 Å². The van der Waals surface area contributed by atoms with Crippen molar-refractivity contribution in [3.05, 3.63) is 62.7 Å². The number of sulfonamides is 1. The van der Waals surface area contributed by atoms with Gasteiger partial charge in [-0.3, -0.25) is 4.79 Å². The van der Waals surface area contributed by atoms with E-state index in [1.54, 1.807) is 35.2 Å². The molecule has 0 unspecified atom stereocenters. The molecule has 0 N–H and O–H groups in total. The van der Waals surface area contributed by atoms with Gasteiger partial charge in [0.1, 0.15) is 18.1 Å². The van der Waals surface area contributed by atoms with Gasteiger partial charge in [0.2, 0.25) is 10.0 Å². The molecule has 10 heteroatoms. The molecule has 0 spiro atoms. The standard InChI is InChI=1S/C23H27N3O5S2/c1-15-12-22(18(4)32-15)33(28,29)26-10-8-25(9-11-26)23(27)19-6-5-7-20(13-19)30-14-21-16(2)24-31-17(21)3/h5-7,12-13H,8-11,14H2,1-4H3. The molecule has 1 aromatic carbocycles. The smallest absolute Gasteiger partial charge is 0.254 e. The number of benzene rings is 1. The summed E-state index contributed by atoms with van der Waals surface area (Å²) in [7, 11) is -3.56. The number of hydrogen-bond acceptors (Lipinski definition) is 7. The van der Waals surface area contributed by atoms with Crippen LogP contribution in [-0.4, -0.2) is 54.9 Å². The highest BCUT2D eigenvalue weighted by molar-refractivity contribution is 7.89. The first-order valence-electron chi connectivity index (χ1n) is 10.7. The molecule has 1 aliphatic rings. The fourth-order valence-electron chi connectivity index (χ4n) is 3.90. The van der Waals surface area contributed by atoms with Gasteiger partial charge in [-0.15, -0.1) is 11.3 Å². The van der Waals surface area contributed by atoms with Crippen molar-refractivity contribution in [1.29, 1.82) is 0 Å². The predicted octanol–water partition coefficient (Wildman–Crippen LogP) is 3.70. The Bertz CT molecular complexity index is 1250. The summed E-state index contributed by atoms with van der Waals surface area (Å²) in [6.45, 7) is 8.93. The Morgan fingerprint density at radius 3 is 2.45 bits per heavy atom. The van der Waals surface area contributed by atoms with E-state index >= 15 is 0 Å². The van der Waals surface area contributed by atoms with Crippen LogP contribution in [0.3, 0.4) is 0 Å². The van der Waals surface area contributed by atoms with E-state index in [1.165, 1.54) is 15.6 Å². The van der Waals surface area contributed by atoms with E-state index in [0.717, 1.165) is 21.0 Å². The maximum Gasteiger partial charge on any atom is 0.254 e. The molecule has 33 heavy (non-hydrogen) atoms. The predicted molar refractivity (Wildman–Crippen MR) is 125 cm³/mol. The van der Waals surface area contributed by atoms with E-state index in [1.807, 2.05) is 27.7 Å². The molecule has 0 atom stereocenters. The van der Waals surface area contributed by atoms with Crippen LogP contribution in [0.15, 0.2) is 39.8 Å². The molecule has 4 rings (SSSR count). The summed E-state index contributed by atoms with van der Waals surface area (Å²) in [6, 6.07) is 8.75. The number of hydrogen-bond donors (Lipinski definition) is 0. The number of aromatic nitrogens is 1. The van der Waals surface area contributed by atoms with Crippen molar-refractivity contribution >= 4 is 27.3 Å². The highest BCUT2D eigenvalue weighted by Gasteiger charge is 2.32. The lowest BCUT2D eigenvalue weighted by Crippen LogP contribution is -2.50. The zero-order valence-electron chi connectivity index (χ0n) is 19.1. The molecule has 2 aromatic heterocycles. The Labute approximate surface area is 197 Å². The second-order valence-corrected chi connectivity index (χ2v) is 11.5. The molecular formula is C23H27N3O5S2. The minimum Gasteiger partial charge on any atom is -0.489 e. The van der Waals surface area contributed by atoms with Gasteiger partial charge in [0.05, 0.1) is 16.2 Å². The first-order valence-corrected chi connectivity index (χ1v) is 12.9. The van der Waals surface area contributed by atoms with Crippen LogP contribution in [0.25, 0.3) is 0 Å². The van der Waals surface area contributed by atoms with Gasteiger partial charge >= 0.3 is 0 Å². The van der Waals surface area contributed by atoms with Crippen LogP contribution in [0.1, 0.15) is 37.1 Å². The molecule has 3 aromatic rings. The monoisotopic (exact) mass is 489 g/mol. The fraction of sp³-hybridized carbons (Fsp3) is 0.391. The summed E-state index contributed by atoms with van der Waals surface area (Å²) in [5.74, 6) is 1.14. The van der Waals surface area contributed by atoms with Crippen molar-refractivity contribution in [2.45, 2.75) is 39.2 Å². The van der Waals surface area contributed by atoms with Crippen LogP contribution in [0.4, 0.5) is 0 Å². The SMILES string of the molecule is Cc1cc(S(=O)(=O)N2CCN(C(=O)c3cccc(OCc4c(C)noc4C)c3)CC2)c(C)s1. The van der Waals surface area contributed by atoms with Crippen LogP contribution < -0.4 is 4.74 Å². The topological polar surface area (TPSA) is 93.0 Å². The third-order valence-electron chi connectivity index (χ3n) is 5.78. The number of thiophene rings is 1. The number of nitrogens with zero attached hydrogens (tertiary/aromatic N) is 3. The van der Waals surface area contributed by atoms with Gasteiger partial charge in [-0.2, -0.15) is 4.31 Å². The van der Waals surface area contributed by atoms with E-state index in [2.05, 4.69) is 5.16 Å². The third kappa shape index (κ3) is 4.83. The van der Waals surface area contributed by atoms with Crippen LogP contribution in [0, 0.1) is 27.7 Å². The Kier molecular flexibility index (Phi) is 6.60. The first kappa shape index (κ1) is 23.5. The summed E-state index contributed by atoms with van der Waals surface area (Å²) in [4.78, 5) is 16.9. The molecule has 0 radical (unpaired) electrons. The van der Waals surface area contributed by atoms with Gasteiger partial charge < -0.3 is 14.2 Å². The van der Waals surface area contributed by atoms with E-state index in [-0.39, 0.29) is 19.0 Å². The molecule has 1 saturated heterocycles. The van der Waals surface area contributed by atoms with E-state index in [4.69, 9.17) is 9.26 Å². The number of piperazine rings is 1. The molecule has 3 heterocycles. The van der Waals surface area contributed by atoms with Crippen LogP contribution in [0.2, 0.25) is 0 Å². The molecule has 1 fully saturated rings. The molecule has 1 aliphatic heterocycles. The minimum absolute atomic E-state index is 0.141. The maximum absolute atomic E-state index is 13.1. The Balaban J connectivity index is 1.40. The lowest BCUT2D eigenvalue weighted by Gasteiger charge is -2.34. The summed E-state index contributed by atoms with van der Waals surface area (Å²) in [5.41, 5.74) is 2.17. The molecule has 0 saturated carbocycles. The average Bonchev–Trinajstić information content (AvgIpc) is 3.32. The number of ether oxygens (including phenoxy) is 1. The van der Waals surface area contributed by atoms with E-state index in [9.17, 15) is 13.2 Å². The lowest BCUT2D eigenvalue weighted by atomic mass is 10.1. The second kappa shape index (κ2) is 9.28. The Hall–Kier alpha value is -2.69. The van der Waals surface area contributed by atoms with Crippen molar-refractivity contribution in [2.75, 3.05) is 26.2 Å². The normalized spacial score (nSPS) is 15.1. The second-order valence-electron chi connectivity index (χ2n) is 8.09. The van der Waals surface area contributed by atoms with E-state index < -0.39 is 10.0 Å². The van der Waals surface area contributed by atoms with Crippen molar-refractivity contribution in [1.82, 2.24) is 14.4 Å². The molecule has 0 bridgehead atoms. The van der Waals surface area contributed by atoms with Crippen LogP contribution in [0.5, 0.6) is 5.75 Å². The third-order valence-corrected chi connectivity index (χ3v) is 8.90. The largest absolute Gasteiger partial charge is 0.489 e. The van der Waals surface area contributed by atoms with Crippen molar-refractivity contribution in [2.24, 2.45) is 0 Å². The molecule has 1 amide bonds. The number of rotatable bonds is 6. The summed E-state index contributed by atoms with van der Waals surface area (Å²) in [5, 5.41) is 3.92. The van der Waals surface area contributed by atoms with Gasteiger partial charge in [-0.05, 0) is 52.0 Å². The molecule has 176 valence electrons. The summed E-state index contributed by atoms with van der Waals surface area (Å²) < 4.78 is 38.5. The zero-order valence-corrected chi connectivity index (χ0v) is 20.8. The van der Waals surface area contributed by atoms with Gasteiger partial charge in [0.25, 0.3) is 5.91 Å². The molecule has 8 nitrogen and oxygen atoms in total. The average molecular weight is 490 g/mol. The lowest BCUT2D eigenvalue weighted by molar-refractivity contribution is 0.0697. The summed E-state index contributed by atoms with van der Waals surface area (Å²) >= 11 is 1.48. The first-order chi connectivity index (χ1) is 15.7. The fourth-order valence-corrected chi connectivity index (χ4v) is 6.85. The number of carbonyl (C=O) groups is 1. The van der Waals surface area contributed by atoms with Gasteiger partial charge in [-0.25, -0.2) is 8.42 Å². The van der Waals surface area contributed by atoms with Crippen molar-refractivity contribution in [3.63, 3.8) is 0 Å². The van der Waals surface area contributed by atoms with Crippen molar-refractivity contribution < 1.29 is 22.5 Å². The Morgan fingerprint density at radius 1 is 1.12 bits per heavy atom. The van der Waals surface area contributed by atoms with Gasteiger partial charge in [-0.1, -0.05) is 11.2 Å². The molecule has 0 aliphatic carbocycles. The molecular weight excluding hydrogens is 462 g/mol. The summed E-state index contributed by atoms with van der Waals surface area (Å²) in [6.07, 6.45) is 0. The number of aryl methyl sites for hydroxylation is 4.